The van der Waals surface area contributed by atoms with Gasteiger partial charge in [-0.15, -0.1) is 24.0 Å². The Morgan fingerprint density at radius 2 is 1.88 bits per heavy atom. The van der Waals surface area contributed by atoms with Crippen LogP contribution >= 0.6 is 24.0 Å². The Kier molecular flexibility index (Phi) is 8.18. The summed E-state index contributed by atoms with van der Waals surface area (Å²) in [7, 11) is -3.04. The molecule has 1 aliphatic rings. The predicted molar refractivity (Wildman–Crippen MR) is 115 cm³/mol. The van der Waals surface area contributed by atoms with E-state index in [0.717, 1.165) is 18.9 Å². The highest BCUT2D eigenvalue weighted by Gasteiger charge is 2.40. The van der Waals surface area contributed by atoms with E-state index in [-0.39, 0.29) is 29.7 Å². The van der Waals surface area contributed by atoms with Gasteiger partial charge >= 0.3 is 0 Å². The second kappa shape index (κ2) is 9.21. The minimum absolute atomic E-state index is 0. The van der Waals surface area contributed by atoms with Gasteiger partial charge in [-0.2, -0.15) is 0 Å². The molecule has 1 aliphatic heterocycles. The van der Waals surface area contributed by atoms with Crippen LogP contribution < -0.4 is 5.32 Å². The number of benzene rings is 1. The lowest BCUT2D eigenvalue weighted by Gasteiger charge is -2.39. The van der Waals surface area contributed by atoms with Crippen LogP contribution in [0.1, 0.15) is 38.8 Å². The van der Waals surface area contributed by atoms with Crippen LogP contribution in [0, 0.1) is 0 Å². The molecule has 0 spiro atoms. The summed E-state index contributed by atoms with van der Waals surface area (Å²) in [6, 6.07) is 8.33. The lowest BCUT2D eigenvalue weighted by molar-refractivity contribution is 0.353. The fourth-order valence-corrected chi connectivity index (χ4v) is 4.33. The SMILES string of the molecule is CCNC(=NCc1ccccc1CC)N1CCS(=O)(=O)C(C)(C)C1.I. The molecule has 1 aromatic carbocycles. The van der Waals surface area contributed by atoms with Crippen molar-refractivity contribution >= 4 is 39.8 Å². The third-order valence-electron chi connectivity index (χ3n) is 4.58. The maximum Gasteiger partial charge on any atom is 0.194 e. The third-order valence-corrected chi connectivity index (χ3v) is 7.11. The van der Waals surface area contributed by atoms with Crippen LogP contribution in [-0.2, 0) is 22.8 Å². The Hall–Kier alpha value is -0.830. The van der Waals surface area contributed by atoms with Crippen molar-refractivity contribution in [3.63, 3.8) is 0 Å². The Morgan fingerprint density at radius 3 is 2.44 bits per heavy atom. The molecule has 5 nitrogen and oxygen atoms in total. The van der Waals surface area contributed by atoms with Gasteiger partial charge in [-0.3, -0.25) is 0 Å². The topological polar surface area (TPSA) is 61.8 Å². The minimum atomic E-state index is -3.04. The summed E-state index contributed by atoms with van der Waals surface area (Å²) in [5.74, 6) is 0.974. The van der Waals surface area contributed by atoms with Gasteiger partial charge in [0.25, 0.3) is 0 Å². The summed E-state index contributed by atoms with van der Waals surface area (Å²) < 4.78 is 23.7. The second-order valence-corrected chi connectivity index (χ2v) is 9.54. The third kappa shape index (κ3) is 5.32. The molecular weight excluding hydrogens is 449 g/mol. The largest absolute Gasteiger partial charge is 0.357 e. The van der Waals surface area contributed by atoms with Crippen molar-refractivity contribution in [2.75, 3.05) is 25.4 Å². The molecule has 0 radical (unpaired) electrons. The van der Waals surface area contributed by atoms with Crippen LogP contribution in [0.15, 0.2) is 29.3 Å². The maximum absolute atomic E-state index is 12.2. The number of hydrogen-bond donors (Lipinski definition) is 1. The highest BCUT2D eigenvalue weighted by atomic mass is 127. The van der Waals surface area contributed by atoms with Gasteiger partial charge in [-0.25, -0.2) is 13.4 Å². The zero-order valence-corrected chi connectivity index (χ0v) is 18.7. The molecule has 0 bridgehead atoms. The number of hydrogen-bond acceptors (Lipinski definition) is 3. The van der Waals surface area contributed by atoms with Crippen molar-refractivity contribution in [2.24, 2.45) is 4.99 Å². The Bertz CT molecular complexity index is 702. The zero-order valence-electron chi connectivity index (χ0n) is 15.6. The van der Waals surface area contributed by atoms with E-state index in [9.17, 15) is 8.42 Å². The zero-order chi connectivity index (χ0) is 17.8. The van der Waals surface area contributed by atoms with E-state index in [0.29, 0.717) is 19.6 Å². The number of halogens is 1. The Balaban J connectivity index is 0.00000312. The van der Waals surface area contributed by atoms with E-state index in [1.807, 2.05) is 13.0 Å². The average Bonchev–Trinajstić information content (AvgIpc) is 2.54. The highest BCUT2D eigenvalue weighted by molar-refractivity contribution is 14.0. The number of aryl methyl sites for hydroxylation is 1. The number of guanidine groups is 1. The Labute approximate surface area is 169 Å². The molecule has 142 valence electrons. The molecule has 0 aromatic heterocycles. The van der Waals surface area contributed by atoms with Gasteiger partial charge in [-0.05, 0) is 38.3 Å². The van der Waals surface area contributed by atoms with Crippen LogP contribution in [0.4, 0.5) is 0 Å². The van der Waals surface area contributed by atoms with Gasteiger partial charge in [0.2, 0.25) is 0 Å². The van der Waals surface area contributed by atoms with E-state index in [4.69, 9.17) is 4.99 Å². The first-order valence-electron chi connectivity index (χ1n) is 8.63. The summed E-state index contributed by atoms with van der Waals surface area (Å²) in [4.78, 5) is 6.83. The minimum Gasteiger partial charge on any atom is -0.357 e. The predicted octanol–water partition coefficient (Wildman–Crippen LogP) is 2.84. The molecule has 1 heterocycles. The van der Waals surface area contributed by atoms with Gasteiger partial charge in [-0.1, -0.05) is 31.2 Å². The first-order chi connectivity index (χ1) is 11.3. The normalized spacial score (nSPS) is 19.2. The number of nitrogens with one attached hydrogen (secondary N) is 1. The molecule has 1 N–H and O–H groups in total. The van der Waals surface area contributed by atoms with E-state index < -0.39 is 14.6 Å². The molecular formula is C18H30IN3O2S. The van der Waals surface area contributed by atoms with Gasteiger partial charge in [0.1, 0.15) is 0 Å². The van der Waals surface area contributed by atoms with Crippen molar-refractivity contribution in [3.05, 3.63) is 35.4 Å². The van der Waals surface area contributed by atoms with Gasteiger partial charge in [0, 0.05) is 19.6 Å². The van der Waals surface area contributed by atoms with Crippen LogP contribution in [-0.4, -0.2) is 49.4 Å². The number of rotatable bonds is 4. The first-order valence-corrected chi connectivity index (χ1v) is 10.3. The quantitative estimate of drug-likeness (QED) is 0.410. The lowest BCUT2D eigenvalue weighted by Crippen LogP contribution is -2.57. The summed E-state index contributed by atoms with van der Waals surface area (Å²) >= 11 is 0. The van der Waals surface area contributed by atoms with Crippen molar-refractivity contribution < 1.29 is 8.42 Å². The molecule has 0 unspecified atom stereocenters. The van der Waals surface area contributed by atoms with Crippen LogP contribution in [0.25, 0.3) is 0 Å². The van der Waals surface area contributed by atoms with Crippen molar-refractivity contribution in [3.8, 4) is 0 Å². The van der Waals surface area contributed by atoms with E-state index in [1.54, 1.807) is 13.8 Å². The number of aliphatic imine (C=N–C) groups is 1. The molecule has 7 heteroatoms. The van der Waals surface area contributed by atoms with Crippen molar-refractivity contribution in [2.45, 2.75) is 45.4 Å². The summed E-state index contributed by atoms with van der Waals surface area (Å²) in [6.07, 6.45) is 0.983. The van der Waals surface area contributed by atoms with Gasteiger partial charge in [0.05, 0.1) is 17.0 Å². The Morgan fingerprint density at radius 1 is 1.24 bits per heavy atom. The van der Waals surface area contributed by atoms with Crippen molar-refractivity contribution in [1.82, 2.24) is 10.2 Å². The summed E-state index contributed by atoms with van der Waals surface area (Å²) in [5.41, 5.74) is 2.53. The van der Waals surface area contributed by atoms with Crippen molar-refractivity contribution in [1.29, 1.82) is 0 Å². The summed E-state index contributed by atoms with van der Waals surface area (Å²) in [5, 5.41) is 3.31. The first kappa shape index (κ1) is 22.2. The van der Waals surface area contributed by atoms with Gasteiger partial charge < -0.3 is 10.2 Å². The van der Waals surface area contributed by atoms with Gasteiger partial charge in [0.15, 0.2) is 15.8 Å². The van der Waals surface area contributed by atoms with E-state index in [1.165, 1.54) is 11.1 Å². The lowest BCUT2D eigenvalue weighted by atomic mass is 10.1. The maximum atomic E-state index is 12.2. The molecule has 1 aromatic rings. The molecule has 0 amide bonds. The standard InChI is InChI=1S/C18H29N3O2S.HI/c1-5-15-9-7-8-10-16(15)13-20-17(19-6-2)21-11-12-24(22,23)18(3,4)14-21;/h7-10H,5-6,11-14H2,1-4H3,(H,19,20);1H. The number of sulfone groups is 1. The van der Waals surface area contributed by atoms with E-state index >= 15 is 0 Å². The van der Waals surface area contributed by atoms with Crippen LogP contribution in [0.2, 0.25) is 0 Å². The second-order valence-electron chi connectivity index (χ2n) is 6.79. The van der Waals surface area contributed by atoms with Crippen LogP contribution in [0.5, 0.6) is 0 Å². The smallest absolute Gasteiger partial charge is 0.194 e. The summed E-state index contributed by atoms with van der Waals surface area (Å²) in [6.45, 7) is 10.1. The molecule has 1 fully saturated rings. The monoisotopic (exact) mass is 479 g/mol. The molecule has 0 aliphatic carbocycles. The molecule has 0 atom stereocenters. The van der Waals surface area contributed by atoms with E-state index in [2.05, 4.69) is 35.3 Å². The highest BCUT2D eigenvalue weighted by Crippen LogP contribution is 2.24. The molecule has 1 saturated heterocycles. The number of nitrogens with zero attached hydrogens (tertiary/aromatic N) is 2. The molecule has 2 rings (SSSR count). The molecule has 0 saturated carbocycles. The average molecular weight is 479 g/mol. The fourth-order valence-electron chi connectivity index (χ4n) is 2.97. The van der Waals surface area contributed by atoms with Crippen LogP contribution in [0.3, 0.4) is 0 Å². The fraction of sp³-hybridized carbons (Fsp3) is 0.611. The molecule has 25 heavy (non-hydrogen) atoms.